The Balaban J connectivity index is 1.82. The molecule has 200 valence electrons. The standard InChI is InChI=1S/C28H29Cl2N3O5/c1-28(2,3)37-26(35)24-25(27(36)38-33-20-6-4-5-7-21(20)34)32-23(17-10-14-19(30)15-11-17)22(31-24)16-8-12-18(29)13-9-16/h8-15,20-21,33-34H,4-7H2,1-3H3/t20-,21+/m1/s1. The zero-order valence-electron chi connectivity index (χ0n) is 21.3. The molecule has 1 aliphatic rings. The van der Waals surface area contributed by atoms with Crippen molar-refractivity contribution in [2.75, 3.05) is 0 Å². The number of aliphatic hydroxyl groups is 1. The van der Waals surface area contributed by atoms with Gasteiger partial charge in [-0.2, -0.15) is 0 Å². The van der Waals surface area contributed by atoms with E-state index in [4.69, 9.17) is 32.8 Å². The van der Waals surface area contributed by atoms with Gasteiger partial charge in [0.15, 0.2) is 11.4 Å². The van der Waals surface area contributed by atoms with Gasteiger partial charge in [0, 0.05) is 21.2 Å². The fraction of sp³-hybridized carbons (Fsp3) is 0.357. The van der Waals surface area contributed by atoms with E-state index in [0.29, 0.717) is 45.4 Å². The Hall–Kier alpha value is -3.04. The lowest BCUT2D eigenvalue weighted by Gasteiger charge is -2.27. The summed E-state index contributed by atoms with van der Waals surface area (Å²) in [6.45, 7) is 5.14. The summed E-state index contributed by atoms with van der Waals surface area (Å²) < 4.78 is 5.55. The van der Waals surface area contributed by atoms with Crippen molar-refractivity contribution < 1.29 is 24.3 Å². The summed E-state index contributed by atoms with van der Waals surface area (Å²) in [6.07, 6.45) is 2.40. The Morgan fingerprint density at radius 1 is 0.842 bits per heavy atom. The summed E-state index contributed by atoms with van der Waals surface area (Å²) in [4.78, 5) is 41.1. The molecule has 0 unspecified atom stereocenters. The first-order valence-electron chi connectivity index (χ1n) is 12.3. The van der Waals surface area contributed by atoms with Gasteiger partial charge in [-0.1, -0.05) is 60.3 Å². The molecule has 1 fully saturated rings. The number of halogens is 2. The maximum absolute atomic E-state index is 13.3. The van der Waals surface area contributed by atoms with E-state index in [2.05, 4.69) is 15.4 Å². The van der Waals surface area contributed by atoms with Crippen LogP contribution < -0.4 is 5.48 Å². The predicted octanol–water partition coefficient (Wildman–Crippen LogP) is 6.04. The first-order valence-corrected chi connectivity index (χ1v) is 13.1. The molecule has 1 aromatic heterocycles. The monoisotopic (exact) mass is 557 g/mol. The van der Waals surface area contributed by atoms with Crippen LogP contribution in [0.15, 0.2) is 48.5 Å². The van der Waals surface area contributed by atoms with E-state index in [-0.39, 0.29) is 11.4 Å². The Labute approximate surface area is 231 Å². The van der Waals surface area contributed by atoms with Crippen LogP contribution in [0.2, 0.25) is 10.0 Å². The van der Waals surface area contributed by atoms with Gasteiger partial charge in [0.05, 0.1) is 23.5 Å². The van der Waals surface area contributed by atoms with Crippen LogP contribution in [0, 0.1) is 0 Å². The van der Waals surface area contributed by atoms with Gasteiger partial charge in [0.2, 0.25) is 0 Å². The van der Waals surface area contributed by atoms with Crippen LogP contribution in [-0.2, 0) is 9.57 Å². The Morgan fingerprint density at radius 3 is 1.79 bits per heavy atom. The molecule has 0 saturated heterocycles. The third-order valence-corrected chi connectivity index (χ3v) is 6.45. The second-order valence-corrected chi connectivity index (χ2v) is 11.0. The molecule has 0 bridgehead atoms. The van der Waals surface area contributed by atoms with Crippen LogP contribution in [0.5, 0.6) is 0 Å². The van der Waals surface area contributed by atoms with Crippen LogP contribution in [-0.4, -0.2) is 44.8 Å². The van der Waals surface area contributed by atoms with Crippen LogP contribution in [0.3, 0.4) is 0 Å². The fourth-order valence-electron chi connectivity index (χ4n) is 4.09. The van der Waals surface area contributed by atoms with Gasteiger partial charge in [0.25, 0.3) is 0 Å². The molecule has 2 N–H and O–H groups in total. The minimum absolute atomic E-state index is 0.293. The van der Waals surface area contributed by atoms with E-state index in [1.54, 1.807) is 69.3 Å². The number of hydroxylamine groups is 1. The van der Waals surface area contributed by atoms with Gasteiger partial charge in [-0.25, -0.2) is 19.6 Å². The van der Waals surface area contributed by atoms with Crippen LogP contribution >= 0.6 is 23.2 Å². The minimum atomic E-state index is -0.922. The molecule has 4 rings (SSSR count). The van der Waals surface area contributed by atoms with Crippen LogP contribution in [0.25, 0.3) is 22.5 Å². The molecule has 0 amide bonds. The Kier molecular flexibility index (Phi) is 8.67. The van der Waals surface area contributed by atoms with Crippen molar-refractivity contribution >= 4 is 35.1 Å². The zero-order valence-corrected chi connectivity index (χ0v) is 22.8. The van der Waals surface area contributed by atoms with Crippen molar-refractivity contribution in [3.8, 4) is 22.5 Å². The van der Waals surface area contributed by atoms with Crippen molar-refractivity contribution in [2.24, 2.45) is 0 Å². The molecule has 2 aromatic carbocycles. The number of aliphatic hydroxyl groups excluding tert-OH is 1. The average molecular weight is 558 g/mol. The number of carbonyl (C=O) groups is 2. The number of benzene rings is 2. The second kappa shape index (κ2) is 11.8. The fourth-order valence-corrected chi connectivity index (χ4v) is 4.34. The maximum atomic E-state index is 13.3. The lowest BCUT2D eigenvalue weighted by Crippen LogP contribution is -2.43. The summed E-state index contributed by atoms with van der Waals surface area (Å²) in [5.74, 6) is -1.75. The summed E-state index contributed by atoms with van der Waals surface area (Å²) in [7, 11) is 0. The third kappa shape index (κ3) is 6.88. The van der Waals surface area contributed by atoms with Crippen molar-refractivity contribution in [1.29, 1.82) is 0 Å². The molecule has 0 aliphatic heterocycles. The van der Waals surface area contributed by atoms with Crippen molar-refractivity contribution in [3.63, 3.8) is 0 Å². The van der Waals surface area contributed by atoms with E-state index in [1.165, 1.54) is 0 Å². The van der Waals surface area contributed by atoms with Gasteiger partial charge in [-0.3, -0.25) is 0 Å². The zero-order chi connectivity index (χ0) is 27.4. The Bertz CT molecular complexity index is 1310. The largest absolute Gasteiger partial charge is 0.455 e. The van der Waals surface area contributed by atoms with Crippen molar-refractivity contribution in [1.82, 2.24) is 15.4 Å². The molecular formula is C28H29Cl2N3O5. The van der Waals surface area contributed by atoms with Gasteiger partial charge < -0.3 is 14.7 Å². The highest BCUT2D eigenvalue weighted by atomic mass is 35.5. The molecule has 2 atom stereocenters. The summed E-state index contributed by atoms with van der Waals surface area (Å²) in [5.41, 5.74) is 3.11. The topological polar surface area (TPSA) is 111 Å². The average Bonchev–Trinajstić information content (AvgIpc) is 2.87. The number of ether oxygens (including phenoxy) is 1. The third-order valence-electron chi connectivity index (χ3n) is 5.95. The van der Waals surface area contributed by atoms with E-state index in [0.717, 1.165) is 12.8 Å². The smallest absolute Gasteiger partial charge is 0.378 e. The number of nitrogens with one attached hydrogen (secondary N) is 1. The van der Waals surface area contributed by atoms with Crippen molar-refractivity contribution in [2.45, 2.75) is 64.2 Å². The second-order valence-electron chi connectivity index (χ2n) is 10.1. The summed E-state index contributed by atoms with van der Waals surface area (Å²) >= 11 is 12.2. The molecule has 38 heavy (non-hydrogen) atoms. The molecule has 0 spiro atoms. The van der Waals surface area contributed by atoms with Crippen LogP contribution in [0.1, 0.15) is 67.4 Å². The molecule has 1 aliphatic carbocycles. The van der Waals surface area contributed by atoms with E-state index in [1.807, 2.05) is 0 Å². The molecule has 10 heteroatoms. The molecule has 1 heterocycles. The lowest BCUT2D eigenvalue weighted by atomic mass is 9.93. The maximum Gasteiger partial charge on any atom is 0.378 e. The number of nitrogens with zero attached hydrogens (tertiary/aromatic N) is 2. The van der Waals surface area contributed by atoms with Gasteiger partial charge in [0.1, 0.15) is 5.60 Å². The highest BCUT2D eigenvalue weighted by molar-refractivity contribution is 6.31. The van der Waals surface area contributed by atoms with E-state index < -0.39 is 29.7 Å². The molecule has 1 saturated carbocycles. The quantitative estimate of drug-likeness (QED) is 0.279. The molecular weight excluding hydrogens is 529 g/mol. The Morgan fingerprint density at radius 2 is 1.32 bits per heavy atom. The highest BCUT2D eigenvalue weighted by Crippen LogP contribution is 2.32. The lowest BCUT2D eigenvalue weighted by molar-refractivity contribution is -0.0187. The first kappa shape index (κ1) is 28.0. The van der Waals surface area contributed by atoms with E-state index in [9.17, 15) is 14.7 Å². The number of hydrogen-bond donors (Lipinski definition) is 2. The number of aromatic nitrogens is 2. The van der Waals surface area contributed by atoms with Gasteiger partial charge >= 0.3 is 11.9 Å². The predicted molar refractivity (Wildman–Crippen MR) is 145 cm³/mol. The van der Waals surface area contributed by atoms with E-state index >= 15 is 0 Å². The summed E-state index contributed by atoms with van der Waals surface area (Å²) in [5, 5.41) is 11.3. The minimum Gasteiger partial charge on any atom is -0.455 e. The van der Waals surface area contributed by atoms with Gasteiger partial charge in [-0.05, 0) is 57.9 Å². The number of rotatable bonds is 6. The number of hydrogen-bond acceptors (Lipinski definition) is 8. The molecule has 8 nitrogen and oxygen atoms in total. The number of carbonyl (C=O) groups excluding carboxylic acids is 2. The normalized spacial score (nSPS) is 17.6. The highest BCUT2D eigenvalue weighted by Gasteiger charge is 2.31. The van der Waals surface area contributed by atoms with Crippen LogP contribution in [0.4, 0.5) is 0 Å². The summed E-state index contributed by atoms with van der Waals surface area (Å²) in [6, 6.07) is 13.3. The molecule has 0 radical (unpaired) electrons. The van der Waals surface area contributed by atoms with Gasteiger partial charge in [-0.15, -0.1) is 5.48 Å². The molecule has 3 aromatic rings. The van der Waals surface area contributed by atoms with Crippen molar-refractivity contribution in [3.05, 3.63) is 70.0 Å². The first-order chi connectivity index (χ1) is 18.0. The SMILES string of the molecule is CC(C)(C)OC(=O)c1nc(-c2ccc(Cl)cc2)c(-c2ccc(Cl)cc2)nc1C(=O)ON[C@@H]1CCCC[C@@H]1O. The number of esters is 1.